The summed E-state index contributed by atoms with van der Waals surface area (Å²) in [5.74, 6) is 0.718. The highest BCUT2D eigenvalue weighted by molar-refractivity contribution is 4.79. The van der Waals surface area contributed by atoms with Crippen LogP contribution in [0.4, 0.5) is 0 Å². The summed E-state index contributed by atoms with van der Waals surface area (Å²) in [6.45, 7) is 18.9. The van der Waals surface area contributed by atoms with E-state index >= 15 is 0 Å². The Bertz CT molecular complexity index is 217. The Morgan fingerprint density at radius 2 is 1.84 bits per heavy atom. The van der Waals surface area contributed by atoms with Crippen molar-refractivity contribution < 1.29 is 4.74 Å². The van der Waals surface area contributed by atoms with Crippen LogP contribution in [0.15, 0.2) is 0 Å². The van der Waals surface area contributed by atoms with Crippen LogP contribution in [0.3, 0.4) is 0 Å². The third-order valence-corrected chi connectivity index (χ3v) is 3.58. The Morgan fingerprint density at radius 1 is 1.21 bits per heavy atom. The van der Waals surface area contributed by atoms with Gasteiger partial charge in [-0.05, 0) is 31.2 Å². The summed E-state index contributed by atoms with van der Waals surface area (Å²) in [6.07, 6.45) is 1.19. The van der Waals surface area contributed by atoms with E-state index in [0.29, 0.717) is 11.5 Å². The number of rotatable bonds is 11. The molecular formula is C16H36N2O. The molecule has 0 rings (SSSR count). The van der Waals surface area contributed by atoms with Gasteiger partial charge >= 0.3 is 0 Å². The quantitative estimate of drug-likeness (QED) is 0.626. The van der Waals surface area contributed by atoms with E-state index in [9.17, 15) is 0 Å². The van der Waals surface area contributed by atoms with Crippen molar-refractivity contribution in [1.82, 2.24) is 10.2 Å². The summed E-state index contributed by atoms with van der Waals surface area (Å²) in [6, 6.07) is 0.625. The maximum atomic E-state index is 5.24. The minimum atomic E-state index is 0.298. The van der Waals surface area contributed by atoms with E-state index in [1.165, 1.54) is 6.42 Å². The van der Waals surface area contributed by atoms with Gasteiger partial charge in [0, 0.05) is 32.8 Å². The van der Waals surface area contributed by atoms with Gasteiger partial charge in [-0.1, -0.05) is 34.6 Å². The normalized spacial score (nSPS) is 14.4. The van der Waals surface area contributed by atoms with Crippen LogP contribution in [-0.4, -0.2) is 50.8 Å². The first kappa shape index (κ1) is 18.9. The van der Waals surface area contributed by atoms with Gasteiger partial charge < -0.3 is 10.1 Å². The van der Waals surface area contributed by atoms with E-state index in [-0.39, 0.29) is 0 Å². The lowest BCUT2D eigenvalue weighted by molar-refractivity contribution is 0.0888. The molecule has 0 spiro atoms. The van der Waals surface area contributed by atoms with Crippen LogP contribution in [-0.2, 0) is 4.74 Å². The topological polar surface area (TPSA) is 24.5 Å². The highest BCUT2D eigenvalue weighted by Gasteiger charge is 2.23. The van der Waals surface area contributed by atoms with E-state index in [0.717, 1.165) is 38.7 Å². The van der Waals surface area contributed by atoms with Crippen molar-refractivity contribution in [3.63, 3.8) is 0 Å². The Labute approximate surface area is 121 Å². The van der Waals surface area contributed by atoms with Gasteiger partial charge in [0.1, 0.15) is 0 Å². The highest BCUT2D eigenvalue weighted by Crippen LogP contribution is 2.18. The molecule has 19 heavy (non-hydrogen) atoms. The minimum Gasteiger partial charge on any atom is -0.383 e. The van der Waals surface area contributed by atoms with Gasteiger partial charge in [-0.3, -0.25) is 4.90 Å². The zero-order valence-corrected chi connectivity index (χ0v) is 14.3. The fraction of sp³-hybridized carbons (Fsp3) is 1.00. The molecule has 0 radical (unpaired) electrons. The van der Waals surface area contributed by atoms with Crippen molar-refractivity contribution in [3.8, 4) is 0 Å². The maximum Gasteiger partial charge on any atom is 0.0589 e. The Hall–Kier alpha value is -0.120. The zero-order chi connectivity index (χ0) is 14.9. The third kappa shape index (κ3) is 9.42. The monoisotopic (exact) mass is 272 g/mol. The number of ether oxygens (including phenoxy) is 1. The minimum absolute atomic E-state index is 0.298. The molecule has 0 aromatic rings. The summed E-state index contributed by atoms with van der Waals surface area (Å²) in [4.78, 5) is 2.56. The Balaban J connectivity index is 4.28. The molecule has 0 fully saturated rings. The fourth-order valence-electron chi connectivity index (χ4n) is 2.23. The molecule has 1 atom stereocenters. The lowest BCUT2D eigenvalue weighted by Gasteiger charge is -2.36. The Kier molecular flexibility index (Phi) is 9.67. The highest BCUT2D eigenvalue weighted by atomic mass is 16.5. The second-order valence-corrected chi connectivity index (χ2v) is 6.91. The second-order valence-electron chi connectivity index (χ2n) is 6.91. The maximum absolute atomic E-state index is 5.24. The van der Waals surface area contributed by atoms with E-state index < -0.39 is 0 Å². The molecule has 0 amide bonds. The number of methoxy groups -OCH3 is 1. The molecule has 0 aromatic carbocycles. The largest absolute Gasteiger partial charge is 0.383 e. The number of nitrogens with one attached hydrogen (secondary N) is 1. The smallest absolute Gasteiger partial charge is 0.0589 e. The molecule has 0 saturated heterocycles. The van der Waals surface area contributed by atoms with Crippen molar-refractivity contribution in [1.29, 1.82) is 0 Å². The van der Waals surface area contributed by atoms with Gasteiger partial charge in [-0.2, -0.15) is 0 Å². The Morgan fingerprint density at radius 3 is 2.32 bits per heavy atom. The van der Waals surface area contributed by atoms with E-state index in [1.54, 1.807) is 7.11 Å². The molecule has 116 valence electrons. The molecule has 3 heteroatoms. The van der Waals surface area contributed by atoms with Crippen LogP contribution < -0.4 is 5.32 Å². The van der Waals surface area contributed by atoms with Crippen LogP contribution in [0.2, 0.25) is 0 Å². The van der Waals surface area contributed by atoms with E-state index in [4.69, 9.17) is 4.74 Å². The SMILES string of the molecule is CCC(C)N(CCOC)CC(C)(C)CNCC(C)C. The predicted octanol–water partition coefficient (Wildman–Crippen LogP) is 3.01. The molecule has 1 N–H and O–H groups in total. The van der Waals surface area contributed by atoms with Crippen molar-refractivity contribution in [2.45, 2.75) is 54.0 Å². The van der Waals surface area contributed by atoms with Crippen molar-refractivity contribution in [2.24, 2.45) is 11.3 Å². The summed E-state index contributed by atoms with van der Waals surface area (Å²) in [5, 5.41) is 3.59. The van der Waals surface area contributed by atoms with Crippen LogP contribution in [0.5, 0.6) is 0 Å². The molecule has 1 unspecified atom stereocenters. The van der Waals surface area contributed by atoms with Gasteiger partial charge in [0.05, 0.1) is 6.61 Å². The van der Waals surface area contributed by atoms with Crippen LogP contribution in [0.25, 0.3) is 0 Å². The average Bonchev–Trinajstić information content (AvgIpc) is 2.32. The van der Waals surface area contributed by atoms with E-state index in [1.807, 2.05) is 0 Å². The molecule has 0 saturated carbocycles. The molecule has 0 aromatic heterocycles. The standard InChI is InChI=1S/C16H36N2O/c1-8-15(4)18(9-10-19-7)13-16(5,6)12-17-11-14(2)3/h14-15,17H,8-13H2,1-7H3. The van der Waals surface area contributed by atoms with Crippen molar-refractivity contribution in [3.05, 3.63) is 0 Å². The van der Waals surface area contributed by atoms with E-state index in [2.05, 4.69) is 51.8 Å². The average molecular weight is 272 g/mol. The molecule has 0 aliphatic carbocycles. The second kappa shape index (κ2) is 9.73. The van der Waals surface area contributed by atoms with Gasteiger partial charge in [0.2, 0.25) is 0 Å². The van der Waals surface area contributed by atoms with Gasteiger partial charge in [0.25, 0.3) is 0 Å². The number of nitrogens with zero attached hydrogens (tertiary/aromatic N) is 1. The van der Waals surface area contributed by atoms with Gasteiger partial charge in [0.15, 0.2) is 0 Å². The lowest BCUT2D eigenvalue weighted by atomic mass is 9.91. The zero-order valence-electron chi connectivity index (χ0n) is 14.3. The van der Waals surface area contributed by atoms with Crippen LogP contribution in [0.1, 0.15) is 48.0 Å². The first-order chi connectivity index (χ1) is 8.82. The molecular weight excluding hydrogens is 236 g/mol. The van der Waals surface area contributed by atoms with Crippen molar-refractivity contribution in [2.75, 3.05) is 39.9 Å². The van der Waals surface area contributed by atoms with Crippen LogP contribution >= 0.6 is 0 Å². The summed E-state index contributed by atoms with van der Waals surface area (Å²) in [7, 11) is 1.78. The fourth-order valence-corrected chi connectivity index (χ4v) is 2.23. The first-order valence-electron chi connectivity index (χ1n) is 7.76. The molecule has 0 bridgehead atoms. The molecule has 0 aliphatic rings. The number of hydrogen-bond acceptors (Lipinski definition) is 3. The van der Waals surface area contributed by atoms with Crippen LogP contribution in [0, 0.1) is 11.3 Å². The van der Waals surface area contributed by atoms with Gasteiger partial charge in [-0.15, -0.1) is 0 Å². The molecule has 3 nitrogen and oxygen atoms in total. The molecule has 0 heterocycles. The van der Waals surface area contributed by atoms with Crippen molar-refractivity contribution >= 4 is 0 Å². The number of hydrogen-bond donors (Lipinski definition) is 1. The summed E-state index contributed by atoms with van der Waals surface area (Å²) >= 11 is 0. The predicted molar refractivity (Wildman–Crippen MR) is 84.7 cm³/mol. The molecule has 0 aliphatic heterocycles. The van der Waals surface area contributed by atoms with Gasteiger partial charge in [-0.25, -0.2) is 0 Å². The first-order valence-corrected chi connectivity index (χ1v) is 7.76. The lowest BCUT2D eigenvalue weighted by Crippen LogP contribution is -2.45. The third-order valence-electron chi connectivity index (χ3n) is 3.58. The summed E-state index contributed by atoms with van der Waals surface area (Å²) in [5.41, 5.74) is 0.298. The summed E-state index contributed by atoms with van der Waals surface area (Å²) < 4.78 is 5.24.